The highest BCUT2D eigenvalue weighted by molar-refractivity contribution is 6.33. The summed E-state index contributed by atoms with van der Waals surface area (Å²) >= 11 is 0. The van der Waals surface area contributed by atoms with Gasteiger partial charge in [0.1, 0.15) is 0 Å². The number of hydrogen-bond donors (Lipinski definition) is 1. The van der Waals surface area contributed by atoms with E-state index in [0.29, 0.717) is 39.4 Å². The molecule has 5 aromatic carbocycles. The topological polar surface area (TPSA) is 59.0 Å². The number of anilines is 1. The van der Waals surface area contributed by atoms with E-state index in [1.165, 1.54) is 0 Å². The Hall–Kier alpha value is -4.87. The largest absolute Gasteiger partial charge is 0.454 e. The number of carbonyl (C=O) groups is 1. The first-order valence-electron chi connectivity index (χ1n) is 12.9. The summed E-state index contributed by atoms with van der Waals surface area (Å²) in [5.41, 5.74) is 3.17. The summed E-state index contributed by atoms with van der Waals surface area (Å²) < 4.78 is 11.0. The highest BCUT2D eigenvalue weighted by Gasteiger charge is 2.49. The molecule has 190 valence electrons. The molecule has 1 unspecified atom stereocenters. The summed E-state index contributed by atoms with van der Waals surface area (Å²) in [4.78, 5) is 16.2. The van der Waals surface area contributed by atoms with Gasteiger partial charge in [0.25, 0.3) is 5.91 Å². The summed E-state index contributed by atoms with van der Waals surface area (Å²) in [6, 6.07) is 34.6. The molecule has 0 spiro atoms. The molecule has 0 fully saturated rings. The monoisotopic (exact) mass is 511 g/mol. The summed E-state index contributed by atoms with van der Waals surface area (Å²) in [6.45, 7) is 2.18. The van der Waals surface area contributed by atoms with E-state index in [1.807, 2.05) is 122 Å². The second kappa shape index (κ2) is 8.86. The zero-order valence-electron chi connectivity index (χ0n) is 21.3. The number of nitrogens with zero attached hydrogens (tertiary/aromatic N) is 1. The van der Waals surface area contributed by atoms with Crippen LogP contribution < -0.4 is 14.4 Å². The van der Waals surface area contributed by atoms with Crippen LogP contribution in [0, 0.1) is 6.92 Å². The van der Waals surface area contributed by atoms with Crippen LogP contribution in [0.1, 0.15) is 27.8 Å². The van der Waals surface area contributed by atoms with Crippen LogP contribution in [0.15, 0.2) is 109 Å². The molecule has 1 atom stereocenters. The Morgan fingerprint density at radius 1 is 0.821 bits per heavy atom. The molecule has 2 heterocycles. The maximum Gasteiger partial charge on any atom is 0.261 e. The third-order valence-corrected chi connectivity index (χ3v) is 7.52. The Labute approximate surface area is 226 Å². The van der Waals surface area contributed by atoms with E-state index in [0.717, 1.165) is 21.9 Å². The van der Waals surface area contributed by atoms with Crippen LogP contribution in [-0.4, -0.2) is 17.8 Å². The first-order chi connectivity index (χ1) is 19.0. The molecule has 5 heteroatoms. The van der Waals surface area contributed by atoms with Crippen LogP contribution in [0.25, 0.3) is 22.4 Å². The third-order valence-electron chi connectivity index (χ3n) is 7.52. The number of ether oxygens (including phenoxy) is 2. The van der Waals surface area contributed by atoms with Gasteiger partial charge in [-0.15, -0.1) is 0 Å². The fourth-order valence-corrected chi connectivity index (χ4v) is 5.59. The quantitative estimate of drug-likeness (QED) is 0.275. The lowest BCUT2D eigenvalue weighted by Crippen LogP contribution is -2.54. The molecular weight excluding hydrogens is 486 g/mol. The van der Waals surface area contributed by atoms with E-state index in [-0.39, 0.29) is 12.7 Å². The van der Waals surface area contributed by atoms with Crippen molar-refractivity contribution in [1.29, 1.82) is 0 Å². The Morgan fingerprint density at radius 3 is 2.44 bits per heavy atom. The van der Waals surface area contributed by atoms with Crippen LogP contribution >= 0.6 is 0 Å². The minimum atomic E-state index is -1.74. The van der Waals surface area contributed by atoms with E-state index in [1.54, 1.807) is 4.90 Å². The highest BCUT2D eigenvalue weighted by Crippen LogP contribution is 2.48. The molecule has 2 aliphatic heterocycles. The maximum atomic E-state index is 14.7. The molecule has 0 aliphatic carbocycles. The number of rotatable bonds is 3. The summed E-state index contributed by atoms with van der Waals surface area (Å²) in [5, 5.41) is 14.6. The number of hydrogen-bond acceptors (Lipinski definition) is 4. The molecule has 5 aromatic rings. The van der Waals surface area contributed by atoms with Crippen LogP contribution in [0.4, 0.5) is 5.69 Å². The number of aryl methyl sites for hydroxylation is 1. The Balaban J connectivity index is 1.52. The lowest BCUT2D eigenvalue weighted by molar-refractivity contribution is -0.117. The first-order valence-corrected chi connectivity index (χ1v) is 12.9. The molecule has 1 N–H and O–H groups in total. The zero-order chi connectivity index (χ0) is 26.6. The van der Waals surface area contributed by atoms with Crippen molar-refractivity contribution in [1.82, 2.24) is 0 Å². The Kier molecular flexibility index (Phi) is 5.28. The van der Waals surface area contributed by atoms with Gasteiger partial charge in [0.2, 0.25) is 6.79 Å². The van der Waals surface area contributed by atoms with Gasteiger partial charge in [-0.2, -0.15) is 0 Å². The van der Waals surface area contributed by atoms with Gasteiger partial charge in [-0.05, 0) is 47.7 Å². The van der Waals surface area contributed by atoms with Crippen LogP contribution in [0.3, 0.4) is 0 Å². The molecule has 5 nitrogen and oxygen atoms in total. The van der Waals surface area contributed by atoms with Gasteiger partial charge >= 0.3 is 0 Å². The number of benzene rings is 5. The highest BCUT2D eigenvalue weighted by atomic mass is 16.7. The van der Waals surface area contributed by atoms with E-state index < -0.39 is 5.72 Å². The van der Waals surface area contributed by atoms with Crippen molar-refractivity contribution in [3.05, 3.63) is 137 Å². The molecule has 1 amide bonds. The second-order valence-electron chi connectivity index (χ2n) is 9.89. The van der Waals surface area contributed by atoms with Crippen molar-refractivity contribution in [2.75, 3.05) is 11.7 Å². The average Bonchev–Trinajstić information content (AvgIpc) is 3.44. The van der Waals surface area contributed by atoms with Crippen molar-refractivity contribution in [3.8, 4) is 11.5 Å². The Morgan fingerprint density at radius 2 is 1.56 bits per heavy atom. The smallest absolute Gasteiger partial charge is 0.261 e. The van der Waals surface area contributed by atoms with Crippen molar-refractivity contribution < 1.29 is 19.4 Å². The van der Waals surface area contributed by atoms with E-state index in [9.17, 15) is 9.90 Å². The number of aliphatic hydroxyl groups is 1. The molecule has 39 heavy (non-hydrogen) atoms. The molecule has 0 radical (unpaired) electrons. The molecule has 0 saturated heterocycles. The second-order valence-corrected chi connectivity index (χ2v) is 9.89. The lowest BCUT2D eigenvalue weighted by atomic mass is 9.80. The fourth-order valence-electron chi connectivity index (χ4n) is 5.59. The summed E-state index contributed by atoms with van der Waals surface area (Å²) in [5.74, 6) is 1.02. The van der Waals surface area contributed by atoms with Gasteiger partial charge in [0.05, 0.1) is 5.69 Å². The maximum absolute atomic E-state index is 14.7. The summed E-state index contributed by atoms with van der Waals surface area (Å²) in [7, 11) is 0. The van der Waals surface area contributed by atoms with Crippen molar-refractivity contribution in [3.63, 3.8) is 0 Å². The van der Waals surface area contributed by atoms with Gasteiger partial charge in [-0.3, -0.25) is 9.69 Å². The normalized spacial score (nSPS) is 19.0. The average molecular weight is 512 g/mol. The first kappa shape index (κ1) is 23.3. The van der Waals surface area contributed by atoms with Gasteiger partial charge in [-0.1, -0.05) is 96.6 Å². The molecular formula is C34H25NO4. The molecule has 7 rings (SSSR count). The van der Waals surface area contributed by atoms with Crippen LogP contribution in [0.2, 0.25) is 0 Å². The van der Waals surface area contributed by atoms with Crippen molar-refractivity contribution in [2.45, 2.75) is 12.6 Å². The number of carbonyl (C=O) groups excluding carboxylic acids is 1. The number of amides is 1. The zero-order valence-corrected chi connectivity index (χ0v) is 21.3. The predicted molar refractivity (Wildman–Crippen MR) is 152 cm³/mol. The standard InChI is InChI=1S/C34H25NO4/c1-22-13-16-25(17-14-22)34(37)29-11-5-4-10-27(29)28(19-23-15-18-31-32(20-23)39-21-38-31)33(36)35(34)30-12-6-8-24-7-2-3-9-26(24)30/h2-20,37H,21H2,1H3/b28-19-. The molecule has 0 bridgehead atoms. The minimum absolute atomic E-state index is 0.176. The van der Waals surface area contributed by atoms with Gasteiger partial charge in [0, 0.05) is 22.1 Å². The van der Waals surface area contributed by atoms with Crippen LogP contribution in [-0.2, 0) is 10.5 Å². The third kappa shape index (κ3) is 3.62. The van der Waals surface area contributed by atoms with E-state index >= 15 is 0 Å². The molecule has 2 aliphatic rings. The van der Waals surface area contributed by atoms with Crippen LogP contribution in [0.5, 0.6) is 11.5 Å². The van der Waals surface area contributed by atoms with Gasteiger partial charge in [0.15, 0.2) is 17.2 Å². The predicted octanol–water partition coefficient (Wildman–Crippen LogP) is 6.66. The minimum Gasteiger partial charge on any atom is -0.454 e. The van der Waals surface area contributed by atoms with Crippen molar-refractivity contribution >= 4 is 34.0 Å². The SMILES string of the molecule is Cc1ccc(C2(O)c3ccccc3/C(=C/c3ccc4c(c3)OCO4)C(=O)N2c2cccc3ccccc23)cc1. The Bertz CT molecular complexity index is 1780. The van der Waals surface area contributed by atoms with E-state index in [2.05, 4.69) is 0 Å². The molecule has 0 aromatic heterocycles. The molecule has 0 saturated carbocycles. The van der Waals surface area contributed by atoms with Gasteiger partial charge < -0.3 is 14.6 Å². The summed E-state index contributed by atoms with van der Waals surface area (Å²) in [6.07, 6.45) is 1.86. The lowest BCUT2D eigenvalue weighted by Gasteiger charge is -2.45. The van der Waals surface area contributed by atoms with E-state index in [4.69, 9.17) is 9.47 Å². The fraction of sp³-hybridized carbons (Fsp3) is 0.0882. The number of fused-ring (bicyclic) bond motifs is 3. The van der Waals surface area contributed by atoms with Gasteiger partial charge in [-0.25, -0.2) is 0 Å². The van der Waals surface area contributed by atoms with Crippen molar-refractivity contribution in [2.24, 2.45) is 0 Å².